The van der Waals surface area contributed by atoms with E-state index in [-0.39, 0.29) is 77.6 Å². The number of esters is 1. The summed E-state index contributed by atoms with van der Waals surface area (Å²) < 4.78 is 14.5. The van der Waals surface area contributed by atoms with E-state index in [4.69, 9.17) is 9.47 Å². The first-order valence-corrected chi connectivity index (χ1v) is 32.5. The zero-order valence-corrected chi connectivity index (χ0v) is 49.2. The van der Waals surface area contributed by atoms with Gasteiger partial charge in [0.2, 0.25) is 5.78 Å². The van der Waals surface area contributed by atoms with Crippen molar-refractivity contribution in [2.45, 2.75) is 203 Å². The minimum atomic E-state index is -2.25. The van der Waals surface area contributed by atoms with Crippen LogP contribution in [0.15, 0.2) is 99.6 Å². The standard InChI is InChI=1S/C69H92N6O7/c1-40(18-19-44-22-25-72-64-51(44)20-21-58(70-3)75-64)49(39-76)35-68-61(78)52-17-10-16-47-33-66(2)24-8-7-13-43-14-9-15-46-34-67(74-38-41-11-5-4-6-12-41)36-56-54(45-23-26-71-63-48(28-45)27-42(32-66)37-73-63)29-50(77)30-55(56)60(57(67)31-53(43)46)81-65(80)69(68,82-68)62(79)59(47)52/h9-10,15-17,22,27,34,37,41,43,45,50,53-58,60,63,70-77H,4-8,11-14,18-21,23-26,28-33,35-36,38-39H2,1-3H3. The number of benzene rings is 1. The highest BCUT2D eigenvalue weighted by Gasteiger charge is 2.86. The molecule has 0 amide bonds. The van der Waals surface area contributed by atoms with Gasteiger partial charge in [-0.3, -0.25) is 14.9 Å². The molecule has 3 saturated carbocycles. The van der Waals surface area contributed by atoms with Crippen LogP contribution in [-0.4, -0.2) is 102 Å². The molecule has 14 rings (SSSR count). The summed E-state index contributed by atoms with van der Waals surface area (Å²) in [6.07, 6.45) is 34.1. The number of aliphatic hydroxyl groups excluding tert-OH is 2. The molecule has 15 atom stereocenters. The molecule has 2 saturated heterocycles. The van der Waals surface area contributed by atoms with Crippen molar-refractivity contribution in [3.05, 3.63) is 116 Å². The van der Waals surface area contributed by atoms with Gasteiger partial charge >= 0.3 is 5.97 Å². The molecule has 0 aromatic heterocycles. The van der Waals surface area contributed by atoms with E-state index >= 15 is 14.4 Å². The minimum Gasteiger partial charge on any atom is -0.459 e. The van der Waals surface area contributed by atoms with Crippen molar-refractivity contribution in [3.63, 3.8) is 0 Å². The second-order valence-electron chi connectivity index (χ2n) is 28.6. The van der Waals surface area contributed by atoms with Crippen LogP contribution in [-0.2, 0) is 20.7 Å². The molecule has 15 unspecified atom stereocenters. The van der Waals surface area contributed by atoms with Crippen LogP contribution in [0, 0.1) is 52.8 Å². The number of rotatable bonds is 10. The van der Waals surface area contributed by atoms with Gasteiger partial charge in [-0.2, -0.15) is 0 Å². The van der Waals surface area contributed by atoms with E-state index < -0.39 is 40.7 Å². The summed E-state index contributed by atoms with van der Waals surface area (Å²) in [5.41, 5.74) is 4.48. The van der Waals surface area contributed by atoms with E-state index in [0.29, 0.717) is 55.2 Å². The van der Waals surface area contributed by atoms with Crippen molar-refractivity contribution in [3.8, 4) is 0 Å². The van der Waals surface area contributed by atoms with Gasteiger partial charge in [0.15, 0.2) is 11.4 Å². The van der Waals surface area contributed by atoms with Gasteiger partial charge in [-0.15, -0.1) is 0 Å². The summed E-state index contributed by atoms with van der Waals surface area (Å²) in [5.74, 6) is 0.916. The molecule has 8 N–H and O–H groups in total. The maximum Gasteiger partial charge on any atom is 0.350 e. The molecule has 7 heterocycles. The van der Waals surface area contributed by atoms with Crippen LogP contribution in [0.2, 0.25) is 0 Å². The summed E-state index contributed by atoms with van der Waals surface area (Å²) in [4.78, 5) is 49.1. The highest BCUT2D eigenvalue weighted by atomic mass is 16.7. The molecule has 1 aromatic carbocycles. The normalized spacial score (nSPS) is 40.5. The maximum atomic E-state index is 16.6. The molecule has 13 heteroatoms. The van der Waals surface area contributed by atoms with E-state index in [9.17, 15) is 10.2 Å². The number of aliphatic hydroxyl groups is 2. The molecular formula is C69H92N6O7. The van der Waals surface area contributed by atoms with Crippen LogP contribution in [0.3, 0.4) is 0 Å². The molecule has 0 radical (unpaired) electrons. The molecular weight excluding hydrogens is 1020 g/mol. The predicted octanol–water partition coefficient (Wildman–Crippen LogP) is 9.35. The number of hydrogen-bond acceptors (Lipinski definition) is 13. The lowest BCUT2D eigenvalue weighted by atomic mass is 9.49. The van der Waals surface area contributed by atoms with E-state index in [1.165, 1.54) is 60.0 Å². The van der Waals surface area contributed by atoms with Crippen molar-refractivity contribution in [2.75, 3.05) is 33.3 Å². The first-order valence-electron chi connectivity index (χ1n) is 32.5. The lowest BCUT2D eigenvalue weighted by Crippen LogP contribution is -2.67. The molecule has 7 aliphatic heterocycles. The van der Waals surface area contributed by atoms with Crippen LogP contribution >= 0.6 is 0 Å². The minimum absolute atomic E-state index is 0.0337. The molecule has 1 aromatic rings. The number of hydrogen-bond donors (Lipinski definition) is 8. The Morgan fingerprint density at radius 3 is 2.65 bits per heavy atom. The van der Waals surface area contributed by atoms with Crippen LogP contribution in [0.1, 0.15) is 181 Å². The Morgan fingerprint density at radius 2 is 1.79 bits per heavy atom. The highest BCUT2D eigenvalue weighted by molar-refractivity contribution is 6.33. The van der Waals surface area contributed by atoms with Gasteiger partial charge in [-0.25, -0.2) is 4.79 Å². The fraction of sp³-hybridized carbons (Fsp3) is 0.667. The lowest BCUT2D eigenvalue weighted by molar-refractivity contribution is -0.182. The third-order valence-corrected chi connectivity index (χ3v) is 23.7. The van der Waals surface area contributed by atoms with E-state index in [0.717, 1.165) is 114 Å². The summed E-state index contributed by atoms with van der Waals surface area (Å²) in [6, 6.07) is 5.69. The predicted molar refractivity (Wildman–Crippen MR) is 317 cm³/mol. The summed E-state index contributed by atoms with van der Waals surface area (Å²) in [7, 11) is 1.98. The summed E-state index contributed by atoms with van der Waals surface area (Å²) >= 11 is 0. The molecule has 13 nitrogen and oxygen atoms in total. The number of carbonyl (C=O) groups is 3. The van der Waals surface area contributed by atoms with Crippen molar-refractivity contribution in [1.29, 1.82) is 0 Å². The van der Waals surface area contributed by atoms with Crippen molar-refractivity contribution in [1.82, 2.24) is 31.9 Å². The van der Waals surface area contributed by atoms with Gasteiger partial charge in [0, 0.05) is 47.7 Å². The molecule has 82 heavy (non-hydrogen) atoms. The average molecular weight is 1120 g/mol. The molecule has 440 valence electrons. The van der Waals surface area contributed by atoms with Gasteiger partial charge in [0.1, 0.15) is 11.9 Å². The zero-order chi connectivity index (χ0) is 56.1. The smallest absolute Gasteiger partial charge is 0.350 e. The molecule has 6 aliphatic carbocycles. The van der Waals surface area contributed by atoms with Crippen LogP contribution in [0.4, 0.5) is 0 Å². The van der Waals surface area contributed by atoms with Gasteiger partial charge < -0.3 is 46.3 Å². The molecule has 13 aliphatic rings. The number of nitrogens with one attached hydrogen (secondary N) is 6. The van der Waals surface area contributed by atoms with Crippen LogP contribution in [0.25, 0.3) is 0 Å². The van der Waals surface area contributed by atoms with Gasteiger partial charge in [-0.1, -0.05) is 93.2 Å². The van der Waals surface area contributed by atoms with Crippen molar-refractivity contribution < 1.29 is 34.1 Å². The monoisotopic (exact) mass is 1120 g/mol. The number of Topliss-reactive ketones (excluding diaryl/α,β-unsaturated/α-hetero) is 2. The Kier molecular flexibility index (Phi) is 14.6. The van der Waals surface area contributed by atoms with Gasteiger partial charge in [-0.05, 0) is 216 Å². The van der Waals surface area contributed by atoms with Gasteiger partial charge in [0.25, 0.3) is 5.60 Å². The number of ketones is 2. The zero-order valence-electron chi connectivity index (χ0n) is 49.2. The number of carbonyl (C=O) groups excluding carboxylic acids is 3. The SMILES string of the molecule is CNC1CCC2=C(NCC=C2CCC(C)=C(CO)CC23OC24C(=O)OC2C5CC(O)CC6C7CCNC8NC=C(C=C8C7)CC(C)(CCCCC7CC=CC8=CC(NCC9CCCCC9)(CC65)C2CC87)Cc2cccc(c2C4=O)C3=O)N1. The molecule has 1 spiro atoms. The number of epoxide rings is 1. The number of dihydropyridines is 2. The Labute approximate surface area is 486 Å². The first-order chi connectivity index (χ1) is 39.8. The number of allylic oxidation sites excluding steroid dienone is 8. The Hall–Kier alpha value is -4.63. The molecule has 12 bridgehead atoms. The largest absolute Gasteiger partial charge is 0.459 e. The summed E-state index contributed by atoms with van der Waals surface area (Å²) in [6.45, 7) is 6.51. The van der Waals surface area contributed by atoms with Crippen LogP contribution in [0.5, 0.6) is 0 Å². The summed E-state index contributed by atoms with van der Waals surface area (Å²) in [5, 5.41) is 46.5. The van der Waals surface area contributed by atoms with Crippen molar-refractivity contribution in [2.24, 2.45) is 52.8 Å². The number of ether oxygens (including phenoxy) is 2. The van der Waals surface area contributed by atoms with Crippen molar-refractivity contribution >= 4 is 17.5 Å². The second kappa shape index (κ2) is 21.7. The lowest BCUT2D eigenvalue weighted by Gasteiger charge is -2.60. The number of fused-ring (bicyclic) bond motifs is 5. The quantitative estimate of drug-likeness (QED) is 0.0480. The van der Waals surface area contributed by atoms with E-state index in [2.05, 4.69) is 75.4 Å². The Morgan fingerprint density at radius 1 is 0.939 bits per heavy atom. The maximum absolute atomic E-state index is 16.6. The molecule has 5 fully saturated rings. The Balaban J connectivity index is 0.922. The first kappa shape index (κ1) is 55.3. The fourth-order valence-corrected chi connectivity index (χ4v) is 19.4. The van der Waals surface area contributed by atoms with E-state index in [1.807, 2.05) is 26.1 Å². The van der Waals surface area contributed by atoms with Crippen LogP contribution < -0.4 is 31.9 Å². The topological polar surface area (TPSA) is 186 Å². The average Bonchev–Trinajstić information content (AvgIpc) is 1.74. The third kappa shape index (κ3) is 9.42. The van der Waals surface area contributed by atoms with E-state index in [1.54, 1.807) is 6.07 Å². The highest BCUT2D eigenvalue weighted by Crippen LogP contribution is 2.63. The third-order valence-electron chi connectivity index (χ3n) is 23.7. The fourth-order valence-electron chi connectivity index (χ4n) is 19.4. The van der Waals surface area contributed by atoms with Gasteiger partial charge in [0.05, 0.1) is 25.0 Å². The Bertz CT molecular complexity index is 2980. The second-order valence-corrected chi connectivity index (χ2v) is 28.6.